The van der Waals surface area contributed by atoms with Gasteiger partial charge in [0.2, 0.25) is 0 Å². The highest BCUT2D eigenvalue weighted by molar-refractivity contribution is 7.80. The van der Waals surface area contributed by atoms with Crippen molar-refractivity contribution in [2.45, 2.75) is 38.9 Å². The molecule has 0 amide bonds. The highest BCUT2D eigenvalue weighted by Crippen LogP contribution is 2.41. The molecule has 0 bridgehead atoms. The summed E-state index contributed by atoms with van der Waals surface area (Å²) in [6.45, 7) is 5.26. The van der Waals surface area contributed by atoms with Crippen LogP contribution >= 0.6 is 12.2 Å². The van der Waals surface area contributed by atoms with Crippen molar-refractivity contribution in [1.82, 2.24) is 14.9 Å². The first-order valence-electron chi connectivity index (χ1n) is 9.47. The zero-order valence-electron chi connectivity index (χ0n) is 15.7. The molecular formula is C22H24N4S. The van der Waals surface area contributed by atoms with Gasteiger partial charge in [0, 0.05) is 30.3 Å². The highest BCUT2D eigenvalue weighted by Gasteiger charge is 2.41. The quantitative estimate of drug-likeness (QED) is 0.658. The Hall–Kier alpha value is -2.66. The van der Waals surface area contributed by atoms with Crippen molar-refractivity contribution in [2.24, 2.45) is 0 Å². The molecule has 3 aromatic rings. The minimum absolute atomic E-state index is 0.00440. The fraction of sp³-hybridized carbons (Fsp3) is 0.273. The van der Waals surface area contributed by atoms with Crippen LogP contribution in [0.1, 0.15) is 42.9 Å². The Balaban J connectivity index is 1.81. The van der Waals surface area contributed by atoms with E-state index in [2.05, 4.69) is 82.3 Å². The van der Waals surface area contributed by atoms with Crippen LogP contribution < -0.4 is 10.2 Å². The van der Waals surface area contributed by atoms with Crippen molar-refractivity contribution in [3.8, 4) is 0 Å². The lowest BCUT2D eigenvalue weighted by Crippen LogP contribution is -2.30. The van der Waals surface area contributed by atoms with Crippen molar-refractivity contribution in [2.75, 3.05) is 4.90 Å². The number of pyridine rings is 1. The van der Waals surface area contributed by atoms with Gasteiger partial charge in [-0.25, -0.2) is 0 Å². The average molecular weight is 377 g/mol. The number of nitrogens with zero attached hydrogens (tertiary/aromatic N) is 3. The molecule has 2 aromatic heterocycles. The Bertz CT molecular complexity index is 917. The summed E-state index contributed by atoms with van der Waals surface area (Å²) in [5.74, 6) is 0. The summed E-state index contributed by atoms with van der Waals surface area (Å²) in [5, 5.41) is 4.26. The lowest BCUT2D eigenvalue weighted by atomic mass is 10.0. The average Bonchev–Trinajstić information content (AvgIpc) is 3.32. The first kappa shape index (κ1) is 17.7. The lowest BCUT2D eigenvalue weighted by molar-refractivity contribution is 0.529. The second-order valence-electron chi connectivity index (χ2n) is 6.74. The maximum absolute atomic E-state index is 5.77. The van der Waals surface area contributed by atoms with Crippen LogP contribution in [-0.2, 0) is 13.0 Å². The van der Waals surface area contributed by atoms with Crippen LogP contribution in [0.5, 0.6) is 0 Å². The summed E-state index contributed by atoms with van der Waals surface area (Å²) >= 11 is 5.77. The number of thiocarbonyl (C=S) groups is 1. The van der Waals surface area contributed by atoms with E-state index in [-0.39, 0.29) is 12.1 Å². The van der Waals surface area contributed by atoms with Crippen molar-refractivity contribution < 1.29 is 0 Å². The summed E-state index contributed by atoms with van der Waals surface area (Å²) < 4.78 is 2.28. The Morgan fingerprint density at radius 1 is 1.04 bits per heavy atom. The van der Waals surface area contributed by atoms with Crippen LogP contribution in [-0.4, -0.2) is 14.7 Å². The van der Waals surface area contributed by atoms with Gasteiger partial charge < -0.3 is 14.8 Å². The molecule has 1 N–H and O–H groups in total. The summed E-state index contributed by atoms with van der Waals surface area (Å²) in [5.41, 5.74) is 4.67. The van der Waals surface area contributed by atoms with Crippen LogP contribution in [0.3, 0.4) is 0 Å². The van der Waals surface area contributed by atoms with Gasteiger partial charge in [-0.15, -0.1) is 0 Å². The van der Waals surface area contributed by atoms with E-state index >= 15 is 0 Å². The fourth-order valence-corrected chi connectivity index (χ4v) is 4.16. The molecule has 1 aromatic carbocycles. The number of aryl methyl sites for hydroxylation is 2. The van der Waals surface area contributed by atoms with Crippen LogP contribution in [0.15, 0.2) is 67.0 Å². The van der Waals surface area contributed by atoms with Crippen molar-refractivity contribution >= 4 is 23.0 Å². The fourth-order valence-electron chi connectivity index (χ4n) is 3.81. The highest BCUT2D eigenvalue weighted by atomic mass is 32.1. The van der Waals surface area contributed by atoms with E-state index in [4.69, 9.17) is 12.2 Å². The molecule has 27 heavy (non-hydrogen) atoms. The molecule has 1 aliphatic heterocycles. The van der Waals surface area contributed by atoms with Crippen molar-refractivity contribution in [1.29, 1.82) is 0 Å². The van der Waals surface area contributed by atoms with E-state index in [0.717, 1.165) is 29.5 Å². The second kappa shape index (κ2) is 7.53. The predicted molar refractivity (Wildman–Crippen MR) is 114 cm³/mol. The number of benzene rings is 1. The number of rotatable bonds is 5. The van der Waals surface area contributed by atoms with Crippen molar-refractivity contribution in [3.05, 3.63) is 83.9 Å². The van der Waals surface area contributed by atoms with Crippen LogP contribution in [0.2, 0.25) is 0 Å². The zero-order chi connectivity index (χ0) is 18.8. The normalized spacial score (nSPS) is 19.3. The summed E-state index contributed by atoms with van der Waals surface area (Å²) in [7, 11) is 0. The summed E-state index contributed by atoms with van der Waals surface area (Å²) in [6.07, 6.45) is 5.00. The van der Waals surface area contributed by atoms with Gasteiger partial charge in [-0.2, -0.15) is 0 Å². The maximum Gasteiger partial charge on any atom is 0.174 e. The molecule has 0 unspecified atom stereocenters. The molecule has 4 nitrogen and oxygen atoms in total. The predicted octanol–water partition coefficient (Wildman–Crippen LogP) is 4.64. The first-order chi connectivity index (χ1) is 13.2. The lowest BCUT2D eigenvalue weighted by Gasteiger charge is -2.29. The molecule has 0 saturated carbocycles. The Morgan fingerprint density at radius 3 is 2.52 bits per heavy atom. The van der Waals surface area contributed by atoms with E-state index in [1.807, 2.05) is 18.3 Å². The first-order valence-corrected chi connectivity index (χ1v) is 9.88. The number of aromatic nitrogens is 2. The summed E-state index contributed by atoms with van der Waals surface area (Å²) in [6, 6.07) is 19.1. The third kappa shape index (κ3) is 3.23. The van der Waals surface area contributed by atoms with Crippen molar-refractivity contribution in [3.63, 3.8) is 0 Å². The molecule has 0 spiro atoms. The Morgan fingerprint density at radius 2 is 1.85 bits per heavy atom. The minimum atomic E-state index is 0.00440. The van der Waals surface area contributed by atoms with E-state index in [0.29, 0.717) is 0 Å². The smallest absolute Gasteiger partial charge is 0.174 e. The van der Waals surface area contributed by atoms with Gasteiger partial charge in [0.15, 0.2) is 5.11 Å². The zero-order valence-corrected chi connectivity index (χ0v) is 16.5. The Kier molecular flexibility index (Phi) is 4.94. The Labute approximate surface area is 165 Å². The third-order valence-electron chi connectivity index (χ3n) is 5.23. The van der Waals surface area contributed by atoms with Crippen LogP contribution in [0.25, 0.3) is 0 Å². The van der Waals surface area contributed by atoms with Gasteiger partial charge in [0.1, 0.15) is 6.04 Å². The molecule has 0 radical (unpaired) electrons. The molecular weight excluding hydrogens is 352 g/mol. The molecule has 1 aliphatic rings. The molecule has 3 heterocycles. The molecule has 138 valence electrons. The van der Waals surface area contributed by atoms with E-state index in [1.54, 1.807) is 0 Å². The van der Waals surface area contributed by atoms with E-state index in [1.165, 1.54) is 11.3 Å². The van der Waals surface area contributed by atoms with Gasteiger partial charge in [0.25, 0.3) is 0 Å². The largest absolute Gasteiger partial charge is 0.351 e. The maximum atomic E-state index is 5.77. The number of hydrogen-bond acceptors (Lipinski definition) is 2. The van der Waals surface area contributed by atoms with E-state index in [9.17, 15) is 0 Å². The van der Waals surface area contributed by atoms with Gasteiger partial charge in [-0.3, -0.25) is 4.98 Å². The molecule has 0 aliphatic carbocycles. The van der Waals surface area contributed by atoms with Gasteiger partial charge >= 0.3 is 0 Å². The number of anilines is 1. The topological polar surface area (TPSA) is 33.1 Å². The second-order valence-corrected chi connectivity index (χ2v) is 7.12. The van der Waals surface area contributed by atoms with Crippen LogP contribution in [0, 0.1) is 0 Å². The minimum Gasteiger partial charge on any atom is -0.351 e. The molecule has 1 saturated heterocycles. The SMILES string of the molecule is CCc1ccc(N2C(=S)N[C@H](c3ccccn3)[C@H]2c2cccn2CC)cc1. The van der Waals surface area contributed by atoms with E-state index < -0.39 is 0 Å². The van der Waals surface area contributed by atoms with Crippen LogP contribution in [0.4, 0.5) is 5.69 Å². The third-order valence-corrected chi connectivity index (χ3v) is 5.54. The summed E-state index contributed by atoms with van der Waals surface area (Å²) in [4.78, 5) is 6.84. The van der Waals surface area contributed by atoms with Gasteiger partial charge in [0.05, 0.1) is 11.7 Å². The van der Waals surface area contributed by atoms with Gasteiger partial charge in [-0.05, 0) is 67.5 Å². The number of nitrogens with one attached hydrogen (secondary N) is 1. The molecule has 5 heteroatoms. The van der Waals surface area contributed by atoms with Gasteiger partial charge in [-0.1, -0.05) is 25.1 Å². The molecule has 2 atom stereocenters. The molecule has 1 fully saturated rings. The standard InChI is InChI=1S/C22H24N4S/c1-3-16-10-12-17(13-11-16)26-21(19-9-7-15-25(19)4-2)20(24-22(26)27)18-8-5-6-14-23-18/h5-15,20-21H,3-4H2,1-2H3,(H,24,27)/t20-,21-/m1/s1. The molecule has 4 rings (SSSR count). The number of hydrogen-bond donors (Lipinski definition) is 1. The monoisotopic (exact) mass is 376 g/mol.